The van der Waals surface area contributed by atoms with Gasteiger partial charge in [0.25, 0.3) is 0 Å². The van der Waals surface area contributed by atoms with Crippen molar-refractivity contribution in [2.45, 2.75) is 20.3 Å². The molecule has 0 aliphatic carbocycles. The molecule has 2 aromatic carbocycles. The molecule has 0 heterocycles. The monoisotopic (exact) mass is 312 g/mol. The Morgan fingerprint density at radius 1 is 1.00 bits per heavy atom. The van der Waals surface area contributed by atoms with Crippen molar-refractivity contribution in [2.24, 2.45) is 5.92 Å². The van der Waals surface area contributed by atoms with E-state index in [2.05, 4.69) is 0 Å². The van der Waals surface area contributed by atoms with E-state index in [0.29, 0.717) is 17.9 Å². The zero-order valence-corrected chi connectivity index (χ0v) is 13.3. The Balaban J connectivity index is 1.96. The van der Waals surface area contributed by atoms with Crippen molar-refractivity contribution in [2.75, 3.05) is 6.61 Å². The van der Waals surface area contributed by atoms with Gasteiger partial charge in [-0.05, 0) is 29.7 Å². The second kappa shape index (κ2) is 8.13. The Kier molecular flexibility index (Phi) is 5.92. The van der Waals surface area contributed by atoms with Gasteiger partial charge in [-0.3, -0.25) is 4.79 Å². The van der Waals surface area contributed by atoms with Crippen molar-refractivity contribution in [3.05, 3.63) is 65.7 Å². The molecule has 0 amide bonds. The zero-order chi connectivity index (χ0) is 16.7. The molecule has 4 heteroatoms. The number of ether oxygens (including phenoxy) is 2. The van der Waals surface area contributed by atoms with Crippen LogP contribution in [0.3, 0.4) is 0 Å². The highest BCUT2D eigenvalue weighted by molar-refractivity contribution is 5.90. The largest absolute Gasteiger partial charge is 0.462 e. The van der Waals surface area contributed by atoms with Crippen molar-refractivity contribution >= 4 is 11.9 Å². The van der Waals surface area contributed by atoms with Crippen LogP contribution in [0.25, 0.3) is 0 Å². The highest BCUT2D eigenvalue weighted by Gasteiger charge is 2.11. The molecule has 0 saturated carbocycles. The van der Waals surface area contributed by atoms with Gasteiger partial charge in [-0.15, -0.1) is 0 Å². The van der Waals surface area contributed by atoms with E-state index in [9.17, 15) is 9.59 Å². The lowest BCUT2D eigenvalue weighted by Gasteiger charge is -2.09. The van der Waals surface area contributed by atoms with Gasteiger partial charge in [-0.25, -0.2) is 4.79 Å². The maximum absolute atomic E-state index is 11.9. The lowest BCUT2D eigenvalue weighted by Crippen LogP contribution is -2.13. The van der Waals surface area contributed by atoms with Crippen LogP contribution >= 0.6 is 0 Å². The van der Waals surface area contributed by atoms with E-state index >= 15 is 0 Å². The summed E-state index contributed by atoms with van der Waals surface area (Å²) in [7, 11) is 0. The van der Waals surface area contributed by atoms with Gasteiger partial charge in [0, 0.05) is 0 Å². The highest BCUT2D eigenvalue weighted by Crippen LogP contribution is 2.15. The molecule has 0 radical (unpaired) electrons. The molecule has 0 fully saturated rings. The first-order valence-electron chi connectivity index (χ1n) is 7.56. The van der Waals surface area contributed by atoms with Crippen LogP contribution in [-0.4, -0.2) is 18.5 Å². The summed E-state index contributed by atoms with van der Waals surface area (Å²) in [6.45, 7) is 4.29. The van der Waals surface area contributed by atoms with Crippen LogP contribution in [0.1, 0.15) is 29.8 Å². The molecule has 0 N–H and O–H groups in total. The topological polar surface area (TPSA) is 52.6 Å². The predicted octanol–water partition coefficient (Wildman–Crippen LogP) is 3.65. The van der Waals surface area contributed by atoms with E-state index in [0.717, 1.165) is 5.56 Å². The van der Waals surface area contributed by atoms with E-state index in [1.54, 1.807) is 18.2 Å². The van der Waals surface area contributed by atoms with Crippen LogP contribution in [0, 0.1) is 5.92 Å². The van der Waals surface area contributed by atoms with Crippen LogP contribution in [-0.2, 0) is 16.0 Å². The normalized spacial score (nSPS) is 10.4. The zero-order valence-electron chi connectivity index (χ0n) is 13.3. The van der Waals surface area contributed by atoms with Crippen LogP contribution in [0.5, 0.6) is 5.75 Å². The summed E-state index contributed by atoms with van der Waals surface area (Å²) in [5.74, 6) is -0.181. The van der Waals surface area contributed by atoms with Gasteiger partial charge in [0.1, 0.15) is 5.75 Å². The molecule has 0 spiro atoms. The molecule has 23 heavy (non-hydrogen) atoms. The van der Waals surface area contributed by atoms with Gasteiger partial charge in [0.2, 0.25) is 0 Å². The Morgan fingerprint density at radius 2 is 1.74 bits per heavy atom. The third-order valence-electron chi connectivity index (χ3n) is 3.04. The molecule has 2 rings (SSSR count). The minimum absolute atomic E-state index is 0.183. The minimum Gasteiger partial charge on any atom is -0.462 e. The lowest BCUT2D eigenvalue weighted by atomic mass is 10.1. The summed E-state index contributed by atoms with van der Waals surface area (Å²) in [4.78, 5) is 23.9. The number of esters is 2. The fraction of sp³-hybridized carbons (Fsp3) is 0.263. The Morgan fingerprint density at radius 3 is 2.43 bits per heavy atom. The van der Waals surface area contributed by atoms with Gasteiger partial charge in [0.05, 0.1) is 18.6 Å². The Hall–Kier alpha value is -2.62. The van der Waals surface area contributed by atoms with Crippen LogP contribution < -0.4 is 4.74 Å². The molecule has 0 bridgehead atoms. The molecule has 0 aliphatic heterocycles. The van der Waals surface area contributed by atoms with Crippen LogP contribution in [0.15, 0.2) is 54.6 Å². The van der Waals surface area contributed by atoms with E-state index in [-0.39, 0.29) is 18.3 Å². The van der Waals surface area contributed by atoms with Crippen LogP contribution in [0.4, 0.5) is 0 Å². The Labute approximate surface area is 136 Å². The molecule has 0 saturated heterocycles. The molecule has 120 valence electrons. The van der Waals surface area contributed by atoms with Gasteiger partial charge in [-0.1, -0.05) is 50.2 Å². The molecular weight excluding hydrogens is 292 g/mol. The second-order valence-electron chi connectivity index (χ2n) is 5.66. The quantitative estimate of drug-likeness (QED) is 0.603. The average Bonchev–Trinajstić information content (AvgIpc) is 2.53. The summed E-state index contributed by atoms with van der Waals surface area (Å²) in [6.07, 6.45) is 0.183. The van der Waals surface area contributed by atoms with Gasteiger partial charge in [0.15, 0.2) is 0 Å². The van der Waals surface area contributed by atoms with Crippen molar-refractivity contribution in [1.82, 2.24) is 0 Å². The van der Waals surface area contributed by atoms with Crippen molar-refractivity contribution in [3.63, 3.8) is 0 Å². The smallest absolute Gasteiger partial charge is 0.338 e. The summed E-state index contributed by atoms with van der Waals surface area (Å²) < 4.78 is 10.5. The third-order valence-corrected chi connectivity index (χ3v) is 3.04. The Bertz CT molecular complexity index is 662. The van der Waals surface area contributed by atoms with Crippen molar-refractivity contribution < 1.29 is 19.1 Å². The molecule has 4 nitrogen and oxygen atoms in total. The predicted molar refractivity (Wildman–Crippen MR) is 87.3 cm³/mol. The molecule has 0 atom stereocenters. The van der Waals surface area contributed by atoms with Gasteiger partial charge in [-0.2, -0.15) is 0 Å². The minimum atomic E-state index is -0.417. The second-order valence-corrected chi connectivity index (χ2v) is 5.66. The molecule has 2 aromatic rings. The summed E-state index contributed by atoms with van der Waals surface area (Å²) in [5, 5.41) is 0. The number of rotatable bonds is 6. The maximum atomic E-state index is 11.9. The first kappa shape index (κ1) is 16.7. The fourth-order valence-electron chi connectivity index (χ4n) is 1.94. The first-order chi connectivity index (χ1) is 11.0. The summed E-state index contributed by atoms with van der Waals surface area (Å²) >= 11 is 0. The molecular formula is C19H20O4. The molecule has 0 aliphatic rings. The lowest BCUT2D eigenvalue weighted by molar-refractivity contribution is -0.133. The maximum Gasteiger partial charge on any atom is 0.338 e. The number of benzene rings is 2. The third kappa shape index (κ3) is 5.58. The van der Waals surface area contributed by atoms with Crippen molar-refractivity contribution in [3.8, 4) is 5.75 Å². The number of carbonyl (C=O) groups is 2. The molecule has 0 unspecified atom stereocenters. The molecule has 0 aromatic heterocycles. The van der Waals surface area contributed by atoms with Gasteiger partial charge < -0.3 is 9.47 Å². The summed E-state index contributed by atoms with van der Waals surface area (Å²) in [5.41, 5.74) is 1.25. The average molecular weight is 312 g/mol. The van der Waals surface area contributed by atoms with E-state index in [1.807, 2.05) is 44.2 Å². The number of hydrogen-bond acceptors (Lipinski definition) is 4. The summed E-state index contributed by atoms with van der Waals surface area (Å²) in [6, 6.07) is 15.8. The highest BCUT2D eigenvalue weighted by atomic mass is 16.5. The number of hydrogen-bond donors (Lipinski definition) is 0. The first-order valence-corrected chi connectivity index (χ1v) is 7.56. The van der Waals surface area contributed by atoms with E-state index in [1.165, 1.54) is 6.07 Å². The van der Waals surface area contributed by atoms with Crippen LogP contribution in [0.2, 0.25) is 0 Å². The van der Waals surface area contributed by atoms with E-state index < -0.39 is 5.97 Å². The standard InChI is InChI=1S/C19H20O4/c1-14(2)13-22-19(21)16-9-6-10-17(12-16)23-18(20)11-15-7-4-3-5-8-15/h3-10,12,14H,11,13H2,1-2H3. The van der Waals surface area contributed by atoms with Crippen molar-refractivity contribution in [1.29, 1.82) is 0 Å². The van der Waals surface area contributed by atoms with E-state index in [4.69, 9.17) is 9.47 Å². The SMILES string of the molecule is CC(C)COC(=O)c1cccc(OC(=O)Cc2ccccc2)c1. The fourth-order valence-corrected chi connectivity index (χ4v) is 1.94. The van der Waals surface area contributed by atoms with Gasteiger partial charge >= 0.3 is 11.9 Å². The number of carbonyl (C=O) groups excluding carboxylic acids is 2.